The molecule has 0 spiro atoms. The minimum Gasteiger partial charge on any atom is -0.520 e. The number of pyridine rings is 2. The number of halogens is 1. The number of ketones is 1. The molecular formula is C46H60FFmN8O9-. The number of aliphatic hydroxyl groups is 1. The van der Waals surface area contributed by atoms with Crippen LogP contribution in [0.5, 0.6) is 0 Å². The van der Waals surface area contributed by atoms with Crippen LogP contribution in [-0.4, -0.2) is 77.3 Å². The second-order valence-corrected chi connectivity index (χ2v) is 15.1. The summed E-state index contributed by atoms with van der Waals surface area (Å²) in [6.45, 7) is 12.9. The maximum Gasteiger partial charge on any atom is 0.404 e. The van der Waals surface area contributed by atoms with Crippen LogP contribution >= 0.6 is 0 Å². The van der Waals surface area contributed by atoms with Crippen LogP contribution in [0.1, 0.15) is 98.9 Å². The van der Waals surface area contributed by atoms with Gasteiger partial charge >= 0.3 is 6.09 Å². The Kier molecular flexibility index (Phi) is 21.1. The Labute approximate surface area is 371 Å². The molecule has 0 bridgehead atoms. The fourth-order valence-electron chi connectivity index (χ4n) is 7.55. The van der Waals surface area contributed by atoms with Crippen LogP contribution in [0.3, 0.4) is 0 Å². The number of nitrogens with one attached hydrogen (secondary N) is 4. The number of primary amides is 2. The SMILES string of the molecule is CC.CC(C)C(N[C-]=O)C(=O)NCC(=O)Nc1ccc(COC(N)=O)cc1.CCCNC.Cc1c(F)cc2nc3c(c4c2c1CCC4)Cn1c-3cc2c(c1=O)CCC(=O)C2O.NC=O.[Fm]. The van der Waals surface area contributed by atoms with Crippen LogP contribution in [0, 0.1) is 18.7 Å². The summed E-state index contributed by atoms with van der Waals surface area (Å²) in [7, 11) is 1.96. The summed E-state index contributed by atoms with van der Waals surface area (Å²) in [6, 6.07) is 9.05. The first-order chi connectivity index (χ1) is 30.6. The Morgan fingerprint density at radius 1 is 1.05 bits per heavy atom. The molecule has 2 aliphatic carbocycles. The zero-order valence-electron chi connectivity index (χ0n) is 37.8. The van der Waals surface area contributed by atoms with E-state index in [2.05, 4.69) is 38.7 Å². The number of carbonyl (C=O) groups excluding carboxylic acids is 6. The van der Waals surface area contributed by atoms with E-state index in [1.807, 2.05) is 27.8 Å². The van der Waals surface area contributed by atoms with Crippen molar-refractivity contribution in [1.82, 2.24) is 25.5 Å². The molecule has 0 fully saturated rings. The molecule has 5 amide bonds. The average Bonchev–Trinajstić information content (AvgIpc) is 3.65. The Bertz CT molecular complexity index is 2370. The summed E-state index contributed by atoms with van der Waals surface area (Å²) in [6.07, 6.45) is 4.04. The molecule has 1 aliphatic heterocycles. The van der Waals surface area contributed by atoms with Crippen LogP contribution in [0.15, 0.2) is 41.2 Å². The number of hydrogen-bond donors (Lipinski definition) is 7. The number of rotatable bonds is 11. The minimum absolute atomic E-state index is 0. The number of amides is 5. The molecule has 0 radical (unpaired) electrons. The van der Waals surface area contributed by atoms with E-state index in [0.29, 0.717) is 57.8 Å². The van der Waals surface area contributed by atoms with E-state index in [1.54, 1.807) is 48.7 Å². The summed E-state index contributed by atoms with van der Waals surface area (Å²) < 4.78 is 20.9. The van der Waals surface area contributed by atoms with Gasteiger partial charge in [0.25, 0.3) is 5.56 Å². The first-order valence-corrected chi connectivity index (χ1v) is 21.2. The largest absolute Gasteiger partial charge is 0.520 e. The van der Waals surface area contributed by atoms with Crippen molar-refractivity contribution in [3.63, 3.8) is 0 Å². The number of Topliss-reactive ketones (excluding diaryl/α,β-unsaturated/α-hetero) is 1. The molecule has 358 valence electrons. The number of fused-ring (bicyclic) bond motifs is 5. The third-order valence-electron chi connectivity index (χ3n) is 10.6. The third-order valence-corrected chi connectivity index (χ3v) is 10.6. The van der Waals surface area contributed by atoms with Crippen molar-refractivity contribution in [3.8, 4) is 11.4 Å². The van der Waals surface area contributed by atoms with Gasteiger partial charge in [0.15, 0.2) is 5.78 Å². The maximum absolute atomic E-state index is 14.5. The fourth-order valence-corrected chi connectivity index (χ4v) is 7.55. The summed E-state index contributed by atoms with van der Waals surface area (Å²) >= 11 is 0. The van der Waals surface area contributed by atoms with Crippen molar-refractivity contribution in [2.45, 2.75) is 105 Å². The molecule has 2 unspecified atom stereocenters. The molecule has 2 atom stereocenters. The second-order valence-electron chi connectivity index (χ2n) is 15.1. The number of benzene rings is 2. The van der Waals surface area contributed by atoms with Gasteiger partial charge in [0, 0.05) is 34.7 Å². The molecule has 65 heavy (non-hydrogen) atoms. The Morgan fingerprint density at radius 3 is 2.26 bits per heavy atom. The van der Waals surface area contributed by atoms with Crippen LogP contribution < -0.4 is 38.3 Å². The monoisotopic (exact) mass is 1140 g/mol. The van der Waals surface area contributed by atoms with Gasteiger partial charge < -0.3 is 51.9 Å². The minimum atomic E-state index is -1.26. The first kappa shape index (κ1) is 53.6. The summed E-state index contributed by atoms with van der Waals surface area (Å²) in [5.41, 5.74) is 16.8. The number of aromatic nitrogens is 2. The number of aliphatic hydroxyl groups excluding tert-OH is 1. The van der Waals surface area contributed by atoms with Crippen LogP contribution in [0.2, 0.25) is 0 Å². The van der Waals surface area contributed by atoms with Gasteiger partial charge in [-0.1, -0.05) is 46.8 Å². The predicted molar refractivity (Wildman–Crippen MR) is 241 cm³/mol. The van der Waals surface area contributed by atoms with Crippen molar-refractivity contribution >= 4 is 53.1 Å². The van der Waals surface area contributed by atoms with E-state index in [4.69, 9.17) is 15.5 Å². The molecule has 2 aromatic heterocycles. The third kappa shape index (κ3) is 13.2. The van der Waals surface area contributed by atoms with Crippen LogP contribution in [0.4, 0.5) is 14.9 Å². The van der Waals surface area contributed by atoms with Gasteiger partial charge in [0.2, 0.25) is 18.2 Å². The molecule has 19 heteroatoms. The number of hydrogen-bond acceptors (Lipinski definition) is 11. The molecular weight excluding hydrogens is 1080 g/mol. The van der Waals surface area contributed by atoms with Crippen molar-refractivity contribution in [2.75, 3.05) is 25.5 Å². The van der Waals surface area contributed by atoms with Gasteiger partial charge in [-0.2, -0.15) is 6.41 Å². The van der Waals surface area contributed by atoms with Crippen LogP contribution in [-0.2, 0) is 61.1 Å². The molecule has 7 rings (SSSR count). The summed E-state index contributed by atoms with van der Waals surface area (Å²) in [5, 5.41) is 21.7. The average molecular weight is 1150 g/mol. The van der Waals surface area contributed by atoms with Crippen LogP contribution in [0.25, 0.3) is 22.3 Å². The van der Waals surface area contributed by atoms with E-state index >= 15 is 0 Å². The molecule has 9 N–H and O–H groups in total. The van der Waals surface area contributed by atoms with Gasteiger partial charge in [0.05, 0.1) is 36.0 Å². The van der Waals surface area contributed by atoms with Gasteiger partial charge in [-0.25, -0.2) is 14.2 Å². The van der Waals surface area contributed by atoms with E-state index in [0.717, 1.165) is 47.9 Å². The van der Waals surface area contributed by atoms with Crippen molar-refractivity contribution in [3.05, 3.63) is 91.5 Å². The molecule has 4 aromatic rings. The standard InChI is InChI=1S/C23H19FN2O3.C16H21N4O5.C4H11N.C2H6.CH3NO.Fm/c1-10-11-3-2-4-12-15-9-26-18(21(15)25-17(20(11)12)8-16(10)24)7-14-13(23(26)29)5-6-19(27)22(14)28;1-10(2)14(19-9-21)15(23)18-7-13(22)20-12-5-3-11(4-6-12)8-25-16(17)24;1-3-4-5-2;1-2;2-1-3;/h7-8,22,28H,2-6,9H2,1H3;3-6,10,14H,7-8H2,1-2H3,(H2,17,24)(H,18,23)(H,19,21)(H,20,22);5H,3-4H2,1-2H3;1-2H3;1H,(H2,2,3);/q;-1;;;;. The zero-order valence-corrected chi connectivity index (χ0v) is 40.2. The second kappa shape index (κ2) is 25.5. The van der Waals surface area contributed by atoms with Gasteiger partial charge in [-0.05, 0) is 105 Å². The van der Waals surface area contributed by atoms with Gasteiger partial charge in [-0.3, -0.25) is 24.0 Å². The van der Waals surface area contributed by atoms with Gasteiger partial charge in [-0.15, -0.1) is 0 Å². The Balaban J connectivity index is 0.000000371. The van der Waals surface area contributed by atoms with E-state index in [-0.39, 0.29) is 49.1 Å². The summed E-state index contributed by atoms with van der Waals surface area (Å²) in [5.74, 6) is -1.54. The fraction of sp³-hybridized carbons (Fsp3) is 0.435. The molecule has 0 saturated carbocycles. The Morgan fingerprint density at radius 2 is 1.69 bits per heavy atom. The number of anilines is 1. The number of ether oxygens (including phenoxy) is 1. The molecule has 17 nitrogen and oxygen atoms in total. The van der Waals surface area contributed by atoms with Gasteiger partial charge in [0.1, 0.15) is 18.5 Å². The molecule has 2 aromatic carbocycles. The zero-order chi connectivity index (χ0) is 47.7. The summed E-state index contributed by atoms with van der Waals surface area (Å²) in [4.78, 5) is 83.2. The maximum atomic E-state index is 14.5. The quantitative estimate of drug-likeness (QED) is 0.0570. The van der Waals surface area contributed by atoms with Crippen molar-refractivity contribution in [1.29, 1.82) is 0 Å². The first-order valence-electron chi connectivity index (χ1n) is 21.2. The number of carbonyl (C=O) groups is 5. The van der Waals surface area contributed by atoms with Crippen molar-refractivity contribution in [2.24, 2.45) is 17.4 Å². The normalized spacial score (nSPS) is 13.9. The molecule has 3 aliphatic rings. The van der Waals surface area contributed by atoms with Crippen molar-refractivity contribution < 1.29 is 43.0 Å². The number of aryl methyl sites for hydroxylation is 2. The number of nitrogens with zero attached hydrogens (tertiary/aromatic N) is 2. The smallest absolute Gasteiger partial charge is 0.404 e. The van der Waals surface area contributed by atoms with E-state index < -0.39 is 30.1 Å². The van der Waals surface area contributed by atoms with E-state index in [1.165, 1.54) is 18.9 Å². The Hall–Kier alpha value is -7.53. The number of nitrogens with two attached hydrogens (primary N) is 2. The predicted octanol–water partition coefficient (Wildman–Crippen LogP) is 3.67. The molecule has 3 heterocycles. The molecule has 0 saturated heterocycles. The van der Waals surface area contributed by atoms with E-state index in [9.17, 15) is 38.3 Å². The topological polar surface area (TPSA) is 267 Å².